The summed E-state index contributed by atoms with van der Waals surface area (Å²) in [6.45, 7) is 0. The largest absolute Gasteiger partial charge is 0.299 e. The van der Waals surface area contributed by atoms with Crippen LogP contribution in [0.5, 0.6) is 0 Å². The number of hydrogen-bond acceptors (Lipinski definition) is 5. The van der Waals surface area contributed by atoms with Crippen molar-refractivity contribution >= 4 is 34.4 Å². The van der Waals surface area contributed by atoms with Crippen molar-refractivity contribution in [3.8, 4) is 0 Å². The molecule has 2 aromatic carbocycles. The van der Waals surface area contributed by atoms with Gasteiger partial charge < -0.3 is 0 Å². The van der Waals surface area contributed by atoms with Gasteiger partial charge in [0.1, 0.15) is 0 Å². The van der Waals surface area contributed by atoms with Crippen LogP contribution in [0.1, 0.15) is 0 Å². The Bertz CT molecular complexity index is 658. The zero-order chi connectivity index (χ0) is 15.1. The monoisotopic (exact) mass is 301 g/mol. The summed E-state index contributed by atoms with van der Waals surface area (Å²) in [5.41, 5.74) is 6.90. The van der Waals surface area contributed by atoms with Crippen LogP contribution in [0, 0.1) is 10.1 Å². The average Bonchev–Trinajstić information content (AvgIpc) is 2.52. The van der Waals surface area contributed by atoms with Gasteiger partial charge >= 0.3 is 0 Å². The van der Waals surface area contributed by atoms with Gasteiger partial charge in [-0.2, -0.15) is 0 Å². The number of para-hydroxylation sites is 1. The van der Waals surface area contributed by atoms with E-state index in [2.05, 4.69) is 21.1 Å². The fraction of sp³-hybridized carbons (Fsp3) is 0. The van der Waals surface area contributed by atoms with Crippen LogP contribution in [0.4, 0.5) is 17.1 Å². The Hall–Kier alpha value is -2.87. The number of azo groups is 1. The van der Waals surface area contributed by atoms with Crippen LogP contribution >= 0.6 is 12.2 Å². The fourth-order valence-electron chi connectivity index (χ4n) is 1.42. The number of thiocarbonyl (C=S) groups is 1. The van der Waals surface area contributed by atoms with Crippen LogP contribution in [-0.4, -0.2) is 10.0 Å². The molecule has 0 amide bonds. The average molecular weight is 301 g/mol. The Morgan fingerprint density at radius 2 is 1.76 bits per heavy atom. The number of hydrazine groups is 1. The summed E-state index contributed by atoms with van der Waals surface area (Å²) in [5, 5.41) is 18.3. The van der Waals surface area contributed by atoms with Crippen LogP contribution in [-0.2, 0) is 0 Å². The molecule has 0 saturated heterocycles. The van der Waals surface area contributed by atoms with Crippen molar-refractivity contribution in [2.24, 2.45) is 10.2 Å². The molecule has 2 rings (SSSR count). The zero-order valence-corrected chi connectivity index (χ0v) is 11.6. The lowest BCUT2D eigenvalue weighted by atomic mass is 10.3. The minimum atomic E-state index is -0.475. The van der Waals surface area contributed by atoms with Gasteiger partial charge in [-0.05, 0) is 36.5 Å². The summed E-state index contributed by atoms with van der Waals surface area (Å²) in [4.78, 5) is 10.0. The molecule has 2 aromatic rings. The number of nitrogens with one attached hydrogen (secondary N) is 2. The highest BCUT2D eigenvalue weighted by atomic mass is 32.1. The maximum absolute atomic E-state index is 10.5. The number of non-ortho nitro benzene ring substituents is 1. The first-order valence-corrected chi connectivity index (χ1v) is 6.33. The third-order valence-corrected chi connectivity index (χ3v) is 2.59. The van der Waals surface area contributed by atoms with Crippen molar-refractivity contribution in [3.63, 3.8) is 0 Å². The molecule has 0 heterocycles. The fourth-order valence-corrected chi connectivity index (χ4v) is 1.51. The molecule has 2 N–H and O–H groups in total. The van der Waals surface area contributed by atoms with E-state index in [1.165, 1.54) is 24.3 Å². The van der Waals surface area contributed by atoms with Crippen molar-refractivity contribution in [2.45, 2.75) is 0 Å². The first kappa shape index (κ1) is 14.5. The summed E-state index contributed by atoms with van der Waals surface area (Å²) in [6.07, 6.45) is 0. The number of hydrogen-bond donors (Lipinski definition) is 2. The van der Waals surface area contributed by atoms with Crippen molar-refractivity contribution in [3.05, 3.63) is 64.7 Å². The SMILES string of the molecule is O=[N+]([O-])c1ccc(N=NC(=S)NNc2ccccc2)cc1. The second kappa shape index (κ2) is 7.06. The first-order chi connectivity index (χ1) is 10.1. The molecular weight excluding hydrogens is 290 g/mol. The maximum Gasteiger partial charge on any atom is 0.269 e. The van der Waals surface area contributed by atoms with Crippen LogP contribution in [0.2, 0.25) is 0 Å². The molecule has 0 aliphatic heterocycles. The Morgan fingerprint density at radius 1 is 1.10 bits per heavy atom. The highest BCUT2D eigenvalue weighted by Gasteiger charge is 2.03. The summed E-state index contributed by atoms with van der Waals surface area (Å²) >= 11 is 4.98. The third kappa shape index (κ3) is 4.62. The number of anilines is 1. The van der Waals surface area contributed by atoms with Crippen LogP contribution < -0.4 is 10.9 Å². The lowest BCUT2D eigenvalue weighted by Gasteiger charge is -2.06. The van der Waals surface area contributed by atoms with Crippen molar-refractivity contribution in [1.29, 1.82) is 0 Å². The smallest absolute Gasteiger partial charge is 0.269 e. The number of nitro groups is 1. The molecule has 0 aliphatic rings. The van der Waals surface area contributed by atoms with Gasteiger partial charge in [-0.25, -0.2) is 0 Å². The lowest BCUT2D eigenvalue weighted by Crippen LogP contribution is -2.25. The number of nitro benzene ring substituents is 1. The van der Waals surface area contributed by atoms with Gasteiger partial charge in [-0.3, -0.25) is 21.0 Å². The topological polar surface area (TPSA) is 91.9 Å². The number of rotatable bonds is 4. The molecule has 0 spiro atoms. The number of nitrogens with zero attached hydrogens (tertiary/aromatic N) is 3. The summed E-state index contributed by atoms with van der Waals surface area (Å²) in [5.74, 6) is 0. The molecule has 0 atom stereocenters. The van der Waals surface area contributed by atoms with E-state index in [0.717, 1.165) is 5.69 Å². The standard InChI is InChI=1S/C13H11N5O2S/c19-18(20)12-8-6-11(7-9-12)15-17-13(21)16-14-10-4-2-1-3-5-10/h1-9,14H,(H,16,21). The second-order valence-electron chi connectivity index (χ2n) is 3.89. The van der Waals surface area contributed by atoms with Gasteiger partial charge in [0.15, 0.2) is 0 Å². The highest BCUT2D eigenvalue weighted by Crippen LogP contribution is 2.18. The Kier molecular flexibility index (Phi) is 4.89. The molecule has 0 aliphatic carbocycles. The van der Waals surface area contributed by atoms with Crippen molar-refractivity contribution in [2.75, 3.05) is 5.43 Å². The van der Waals surface area contributed by atoms with E-state index in [0.29, 0.717) is 5.69 Å². The Balaban J connectivity index is 1.88. The van der Waals surface area contributed by atoms with Crippen molar-refractivity contribution < 1.29 is 4.92 Å². The normalized spacial score (nSPS) is 10.3. The van der Waals surface area contributed by atoms with E-state index in [1.54, 1.807) is 0 Å². The molecular formula is C13H11N5O2S. The molecule has 0 saturated carbocycles. The molecule has 21 heavy (non-hydrogen) atoms. The highest BCUT2D eigenvalue weighted by molar-refractivity contribution is 7.80. The molecule has 0 aromatic heterocycles. The minimum Gasteiger partial charge on any atom is -0.299 e. The maximum atomic E-state index is 10.5. The predicted molar refractivity (Wildman–Crippen MR) is 83.4 cm³/mol. The van der Waals surface area contributed by atoms with E-state index in [-0.39, 0.29) is 10.8 Å². The molecule has 0 bridgehead atoms. The molecule has 0 radical (unpaired) electrons. The first-order valence-electron chi connectivity index (χ1n) is 5.92. The molecule has 106 valence electrons. The van der Waals surface area contributed by atoms with Gasteiger partial charge in [0.25, 0.3) is 5.69 Å². The summed E-state index contributed by atoms with van der Waals surface area (Å²) in [7, 11) is 0. The third-order valence-electron chi connectivity index (χ3n) is 2.40. The van der Waals surface area contributed by atoms with E-state index in [9.17, 15) is 10.1 Å². The van der Waals surface area contributed by atoms with Gasteiger partial charge in [0.2, 0.25) is 5.11 Å². The molecule has 8 heteroatoms. The lowest BCUT2D eigenvalue weighted by molar-refractivity contribution is -0.384. The van der Waals surface area contributed by atoms with Crippen LogP contribution in [0.3, 0.4) is 0 Å². The predicted octanol–water partition coefficient (Wildman–Crippen LogP) is 3.58. The van der Waals surface area contributed by atoms with E-state index in [1.807, 2.05) is 30.3 Å². The molecule has 0 unspecified atom stereocenters. The zero-order valence-electron chi connectivity index (χ0n) is 10.8. The van der Waals surface area contributed by atoms with Gasteiger partial charge in [-0.1, -0.05) is 18.2 Å². The van der Waals surface area contributed by atoms with Gasteiger partial charge in [0, 0.05) is 12.1 Å². The van der Waals surface area contributed by atoms with Gasteiger partial charge in [-0.15, -0.1) is 10.2 Å². The Morgan fingerprint density at radius 3 is 2.38 bits per heavy atom. The van der Waals surface area contributed by atoms with Crippen molar-refractivity contribution in [1.82, 2.24) is 5.43 Å². The quantitative estimate of drug-likeness (QED) is 0.390. The summed E-state index contributed by atoms with van der Waals surface area (Å²) in [6, 6.07) is 15.1. The van der Waals surface area contributed by atoms with Gasteiger partial charge in [0.05, 0.1) is 16.3 Å². The number of benzene rings is 2. The second-order valence-corrected chi connectivity index (χ2v) is 4.28. The van der Waals surface area contributed by atoms with E-state index >= 15 is 0 Å². The Labute approximate surface area is 125 Å². The van der Waals surface area contributed by atoms with Crippen LogP contribution in [0.15, 0.2) is 64.8 Å². The summed E-state index contributed by atoms with van der Waals surface area (Å²) < 4.78 is 0. The van der Waals surface area contributed by atoms with Crippen LogP contribution in [0.25, 0.3) is 0 Å². The molecule has 7 nitrogen and oxygen atoms in total. The van der Waals surface area contributed by atoms with E-state index < -0.39 is 4.92 Å². The van der Waals surface area contributed by atoms with E-state index in [4.69, 9.17) is 12.2 Å². The minimum absolute atomic E-state index is 0.000366. The molecule has 0 fully saturated rings.